The summed E-state index contributed by atoms with van der Waals surface area (Å²) in [5, 5.41) is 64.2. The van der Waals surface area contributed by atoms with E-state index in [1.165, 1.54) is 13.8 Å². The van der Waals surface area contributed by atoms with E-state index in [0.717, 1.165) is 0 Å². The Morgan fingerprint density at radius 1 is 0.667 bits per heavy atom. The van der Waals surface area contributed by atoms with Gasteiger partial charge in [0, 0.05) is 6.42 Å². The molecule has 0 aliphatic rings. The highest BCUT2D eigenvalue weighted by Crippen LogP contribution is 1.93. The molecule has 0 aromatic rings. The van der Waals surface area contributed by atoms with Gasteiger partial charge in [0.1, 0.15) is 24.2 Å². The molecular weight excluding hydrogens is 498 g/mol. The average molecular weight is 536 g/mol. The molecule has 36 heavy (non-hydrogen) atoms. The van der Waals surface area contributed by atoms with Crippen LogP contribution in [-0.4, -0.2) is 120 Å². The Labute approximate surface area is 205 Å². The zero-order chi connectivity index (χ0) is 30.2. The first-order valence-corrected chi connectivity index (χ1v) is 9.55. The molecule has 0 saturated heterocycles. The maximum atomic E-state index is 9.99. The molecule has 0 aromatic heterocycles. The zero-order valence-corrected chi connectivity index (χ0v) is 19.6. The third-order valence-corrected chi connectivity index (χ3v) is 2.87. The lowest BCUT2D eigenvalue weighted by Gasteiger charge is -2.06. The van der Waals surface area contributed by atoms with Crippen molar-refractivity contribution in [3.8, 4) is 0 Å². The van der Waals surface area contributed by atoms with E-state index in [4.69, 9.17) is 63.8 Å². The number of nitrogens with two attached hydrogens (primary N) is 5. The van der Waals surface area contributed by atoms with Crippen LogP contribution in [0.3, 0.4) is 0 Å². The lowest BCUT2D eigenvalue weighted by Crippen LogP contribution is -2.39. The Bertz CT molecular complexity index is 660. The fourth-order valence-corrected chi connectivity index (χ4v) is 0.687. The monoisotopic (exact) mass is 535 g/mol. The van der Waals surface area contributed by atoms with Crippen molar-refractivity contribution < 1.29 is 69.6 Å². The van der Waals surface area contributed by atoms with Crippen LogP contribution in [0, 0.1) is 0 Å². The minimum Gasteiger partial charge on any atom is -0.481 e. The van der Waals surface area contributed by atoms with E-state index in [-0.39, 0.29) is 19.4 Å². The van der Waals surface area contributed by atoms with Crippen molar-refractivity contribution in [2.75, 3.05) is 13.2 Å². The lowest BCUT2D eigenvalue weighted by molar-refractivity contribution is -0.141. The summed E-state index contributed by atoms with van der Waals surface area (Å²) in [4.78, 5) is 58.2. The zero-order valence-electron chi connectivity index (χ0n) is 19.6. The minimum atomic E-state index is -1.18. The Hall–Kier alpha value is -3.46. The molecule has 0 rings (SSSR count). The number of aliphatic hydroxyl groups is 2. The van der Waals surface area contributed by atoms with Crippen LogP contribution in [0.1, 0.15) is 26.7 Å². The molecule has 0 heterocycles. The third-order valence-electron chi connectivity index (χ3n) is 2.87. The molecule has 0 aromatic carbocycles. The molecular formula is C17H37N5O14. The molecule has 0 aliphatic carbocycles. The fourth-order valence-electron chi connectivity index (χ4n) is 0.687. The molecule has 0 aliphatic heterocycles. The molecule has 0 spiro atoms. The van der Waals surface area contributed by atoms with Crippen LogP contribution in [0.5, 0.6) is 0 Å². The summed E-state index contributed by atoms with van der Waals surface area (Å²) in [6, 6.07) is -4.07. The molecule has 0 bridgehead atoms. The van der Waals surface area contributed by atoms with Gasteiger partial charge >= 0.3 is 35.8 Å². The Kier molecular flexibility index (Phi) is 31.0. The van der Waals surface area contributed by atoms with Crippen molar-refractivity contribution in [3.05, 3.63) is 0 Å². The van der Waals surface area contributed by atoms with E-state index in [0.29, 0.717) is 0 Å². The molecule has 5 unspecified atom stereocenters. The predicted octanol–water partition coefficient (Wildman–Crippen LogP) is -5.12. The summed E-state index contributed by atoms with van der Waals surface area (Å²) in [6.07, 6.45) is -1.20. The summed E-state index contributed by atoms with van der Waals surface area (Å²) >= 11 is 0. The van der Waals surface area contributed by atoms with Gasteiger partial charge in [0.2, 0.25) is 0 Å². The van der Waals surface area contributed by atoms with E-state index in [9.17, 15) is 28.8 Å². The van der Waals surface area contributed by atoms with Gasteiger partial charge in [0.25, 0.3) is 0 Å². The van der Waals surface area contributed by atoms with E-state index in [1.807, 2.05) is 0 Å². The van der Waals surface area contributed by atoms with Crippen LogP contribution < -0.4 is 28.7 Å². The van der Waals surface area contributed by atoms with Crippen molar-refractivity contribution in [2.24, 2.45) is 28.7 Å². The van der Waals surface area contributed by atoms with Gasteiger partial charge in [-0.3, -0.25) is 28.8 Å². The number of carboxylic acids is 6. The number of hydrogen-bond donors (Lipinski definition) is 13. The van der Waals surface area contributed by atoms with Crippen molar-refractivity contribution in [1.82, 2.24) is 0 Å². The first-order chi connectivity index (χ1) is 16.2. The largest absolute Gasteiger partial charge is 0.481 e. The fraction of sp³-hybridized carbons (Fsp3) is 0.647. The SMILES string of the molecule is CC(N)C(=O)O.CC(O)C(N)C(=O)O.NC(CCC(=O)O)C(=O)O.NC(CO)C(=O)O.NCC(=O)O. The second kappa shape index (κ2) is 26.2. The highest BCUT2D eigenvalue weighted by Gasteiger charge is 2.16. The van der Waals surface area contributed by atoms with Gasteiger partial charge in [-0.05, 0) is 20.3 Å². The molecule has 214 valence electrons. The average Bonchev–Trinajstić information content (AvgIpc) is 2.77. The molecule has 18 N–H and O–H groups in total. The standard InChI is InChI=1S/C5H9NO4.C4H9NO3.C3H7NO3.C3H7NO2.C2H5NO2/c6-3(5(9)10)1-2-4(7)8;1-2(6)3(5)4(7)8;4-2(1-5)3(6)7;1-2(4)3(5)6;3-1-2(4)5/h3H,1-2,6H2,(H,7,8)(H,9,10);2-3,6H,5H2,1H3,(H,7,8);2,5H,1,4H2,(H,6,7);2H,4H2,1H3,(H,5,6);1,3H2,(H,4,5). The molecule has 19 nitrogen and oxygen atoms in total. The van der Waals surface area contributed by atoms with Gasteiger partial charge in [0.05, 0.1) is 19.3 Å². The number of aliphatic hydroxyl groups excluding tert-OH is 2. The van der Waals surface area contributed by atoms with Gasteiger partial charge in [-0.2, -0.15) is 0 Å². The summed E-state index contributed by atoms with van der Waals surface area (Å²) in [6.45, 7) is 1.97. The second-order valence-electron chi connectivity index (χ2n) is 6.33. The third kappa shape index (κ3) is 40.9. The first kappa shape index (κ1) is 42.7. The molecule has 5 atom stereocenters. The number of carboxylic acid groups (broad SMARTS) is 6. The van der Waals surface area contributed by atoms with Gasteiger partial charge < -0.3 is 69.5 Å². The van der Waals surface area contributed by atoms with Crippen LogP contribution in [0.15, 0.2) is 0 Å². The van der Waals surface area contributed by atoms with Gasteiger partial charge in [-0.15, -0.1) is 0 Å². The van der Waals surface area contributed by atoms with Crippen molar-refractivity contribution in [2.45, 2.75) is 57.0 Å². The summed E-state index contributed by atoms with van der Waals surface area (Å²) in [7, 11) is 0. The van der Waals surface area contributed by atoms with Crippen molar-refractivity contribution in [3.63, 3.8) is 0 Å². The number of hydrogen-bond acceptors (Lipinski definition) is 13. The topological polar surface area (TPSA) is 394 Å². The summed E-state index contributed by atoms with van der Waals surface area (Å²) in [5.74, 6) is -6.49. The van der Waals surface area contributed by atoms with Crippen LogP contribution in [-0.2, 0) is 28.8 Å². The maximum absolute atomic E-state index is 9.99. The van der Waals surface area contributed by atoms with Gasteiger partial charge in [-0.1, -0.05) is 0 Å². The van der Waals surface area contributed by atoms with Gasteiger partial charge in [0.15, 0.2) is 0 Å². The molecule has 0 saturated carbocycles. The summed E-state index contributed by atoms with van der Waals surface area (Å²) < 4.78 is 0. The maximum Gasteiger partial charge on any atom is 0.323 e. The Morgan fingerprint density at radius 3 is 1.08 bits per heavy atom. The Balaban J connectivity index is -0.000000114. The first-order valence-electron chi connectivity index (χ1n) is 9.55. The van der Waals surface area contributed by atoms with E-state index in [2.05, 4.69) is 5.73 Å². The summed E-state index contributed by atoms with van der Waals surface area (Å²) in [5.41, 5.74) is 24.1. The molecule has 19 heteroatoms. The lowest BCUT2D eigenvalue weighted by atomic mass is 10.2. The molecule has 0 radical (unpaired) electrons. The number of rotatable bonds is 10. The highest BCUT2D eigenvalue weighted by molar-refractivity contribution is 5.75. The van der Waals surface area contributed by atoms with Crippen LogP contribution in [0.2, 0.25) is 0 Å². The van der Waals surface area contributed by atoms with Crippen LogP contribution in [0.25, 0.3) is 0 Å². The predicted molar refractivity (Wildman–Crippen MR) is 120 cm³/mol. The highest BCUT2D eigenvalue weighted by atomic mass is 16.4. The van der Waals surface area contributed by atoms with Crippen molar-refractivity contribution >= 4 is 35.8 Å². The van der Waals surface area contributed by atoms with E-state index >= 15 is 0 Å². The quantitative estimate of drug-likeness (QED) is 0.124. The normalized spacial score (nSPS) is 13.2. The van der Waals surface area contributed by atoms with Crippen LogP contribution in [0.4, 0.5) is 0 Å². The van der Waals surface area contributed by atoms with E-state index in [1.54, 1.807) is 0 Å². The number of carbonyl (C=O) groups is 6. The Morgan fingerprint density at radius 2 is 1.00 bits per heavy atom. The molecule has 0 amide bonds. The smallest absolute Gasteiger partial charge is 0.323 e. The minimum absolute atomic E-state index is 0.0231. The van der Waals surface area contributed by atoms with Crippen molar-refractivity contribution in [1.29, 1.82) is 0 Å². The molecule has 0 fully saturated rings. The van der Waals surface area contributed by atoms with E-state index < -0.39 is 72.7 Å². The van der Waals surface area contributed by atoms with Crippen LogP contribution >= 0.6 is 0 Å². The van der Waals surface area contributed by atoms with Gasteiger partial charge in [-0.25, -0.2) is 0 Å². The number of aliphatic carboxylic acids is 6. The second-order valence-corrected chi connectivity index (χ2v) is 6.33.